The third-order valence-electron chi connectivity index (χ3n) is 6.17. The third-order valence-corrected chi connectivity index (χ3v) is 6.17. The maximum absolute atomic E-state index is 11.0. The van der Waals surface area contributed by atoms with Crippen LogP contribution in [0.25, 0.3) is 0 Å². The summed E-state index contributed by atoms with van der Waals surface area (Å²) in [5, 5.41) is 22.0. The number of para-hydroxylation sites is 1. The van der Waals surface area contributed by atoms with Crippen LogP contribution in [0.15, 0.2) is 84.9 Å². The zero-order valence-electron chi connectivity index (χ0n) is 17.3. The summed E-state index contributed by atoms with van der Waals surface area (Å²) in [6.45, 7) is 3.55. The van der Waals surface area contributed by atoms with Gasteiger partial charge in [-0.25, -0.2) is 0 Å². The molecule has 0 radical (unpaired) electrons. The van der Waals surface area contributed by atoms with Crippen LogP contribution in [0.2, 0.25) is 0 Å². The van der Waals surface area contributed by atoms with Crippen molar-refractivity contribution in [3.8, 4) is 11.5 Å². The molecule has 0 aromatic heterocycles. The first kappa shape index (κ1) is 20.6. The van der Waals surface area contributed by atoms with Gasteiger partial charge in [-0.05, 0) is 55.2 Å². The Bertz CT molecular complexity index is 920. The molecule has 2 atom stereocenters. The molecular weight excluding hydrogens is 374 g/mol. The van der Waals surface area contributed by atoms with E-state index in [1.807, 2.05) is 91.9 Å². The molecule has 1 aliphatic heterocycles. The summed E-state index contributed by atoms with van der Waals surface area (Å²) in [5.41, 5.74) is 1.07. The van der Waals surface area contributed by atoms with Crippen LogP contribution >= 0.6 is 0 Å². The number of hydrogen-bond acceptors (Lipinski definition) is 4. The molecule has 1 heterocycles. The van der Waals surface area contributed by atoms with Crippen molar-refractivity contribution in [1.29, 1.82) is 0 Å². The zero-order chi connectivity index (χ0) is 21.0. The number of benzene rings is 3. The van der Waals surface area contributed by atoms with Crippen molar-refractivity contribution in [1.82, 2.24) is 4.90 Å². The third kappa shape index (κ3) is 4.57. The molecule has 4 heteroatoms. The van der Waals surface area contributed by atoms with Gasteiger partial charge in [-0.2, -0.15) is 0 Å². The van der Waals surface area contributed by atoms with Gasteiger partial charge in [0.05, 0.1) is 11.7 Å². The molecule has 3 aromatic carbocycles. The Labute approximate surface area is 178 Å². The normalized spacial score (nSPS) is 18.5. The Morgan fingerprint density at radius 3 is 1.93 bits per heavy atom. The number of piperidine rings is 1. The van der Waals surface area contributed by atoms with Gasteiger partial charge in [0, 0.05) is 19.1 Å². The number of nitrogens with zero attached hydrogens (tertiary/aromatic N) is 1. The van der Waals surface area contributed by atoms with Crippen molar-refractivity contribution in [2.45, 2.75) is 37.5 Å². The Kier molecular flexibility index (Phi) is 6.18. The summed E-state index contributed by atoms with van der Waals surface area (Å²) in [6.07, 6.45) is 0.731. The second-order valence-corrected chi connectivity index (χ2v) is 8.10. The molecule has 2 N–H and O–H groups in total. The van der Waals surface area contributed by atoms with E-state index in [0.29, 0.717) is 12.8 Å². The van der Waals surface area contributed by atoms with Crippen LogP contribution in [0, 0.1) is 0 Å². The quantitative estimate of drug-likeness (QED) is 0.616. The van der Waals surface area contributed by atoms with Crippen molar-refractivity contribution in [3.63, 3.8) is 0 Å². The minimum absolute atomic E-state index is 0.0359. The van der Waals surface area contributed by atoms with Crippen molar-refractivity contribution >= 4 is 0 Å². The zero-order valence-corrected chi connectivity index (χ0v) is 17.3. The fourth-order valence-corrected chi connectivity index (χ4v) is 4.17. The summed E-state index contributed by atoms with van der Waals surface area (Å²) in [7, 11) is 0. The van der Waals surface area contributed by atoms with Gasteiger partial charge in [-0.15, -0.1) is 0 Å². The van der Waals surface area contributed by atoms with Gasteiger partial charge in [0.25, 0.3) is 0 Å². The highest BCUT2D eigenvalue weighted by Gasteiger charge is 2.36. The average Bonchev–Trinajstić information content (AvgIpc) is 2.80. The summed E-state index contributed by atoms with van der Waals surface area (Å²) in [4.78, 5) is 2.26. The van der Waals surface area contributed by atoms with E-state index in [4.69, 9.17) is 4.74 Å². The lowest BCUT2D eigenvalue weighted by Crippen LogP contribution is -2.47. The Morgan fingerprint density at radius 1 is 0.800 bits per heavy atom. The van der Waals surface area contributed by atoms with Crippen LogP contribution < -0.4 is 4.74 Å². The monoisotopic (exact) mass is 403 g/mol. The standard InChI is InChI=1S/C26H29NO3/c1-20(27-18-16-26(29,17-19-27)22-8-4-2-5-9-22)25(28)21-12-14-24(15-13-21)30-23-10-6-3-7-11-23/h2-15,20,25,28-29H,16-19H2,1H3/t20-,25?/m0/s1. The van der Waals surface area contributed by atoms with Crippen LogP contribution in [0.3, 0.4) is 0 Å². The van der Waals surface area contributed by atoms with E-state index < -0.39 is 11.7 Å². The highest BCUT2D eigenvalue weighted by atomic mass is 16.5. The van der Waals surface area contributed by atoms with Crippen LogP contribution in [-0.2, 0) is 5.60 Å². The van der Waals surface area contributed by atoms with Gasteiger partial charge in [-0.3, -0.25) is 4.90 Å². The lowest BCUT2D eigenvalue weighted by Gasteiger charge is -2.42. The summed E-state index contributed by atoms with van der Waals surface area (Å²) < 4.78 is 5.83. The lowest BCUT2D eigenvalue weighted by atomic mass is 9.83. The summed E-state index contributed by atoms with van der Waals surface area (Å²) in [6, 6.07) is 27.1. The minimum atomic E-state index is -0.779. The molecular formula is C26H29NO3. The lowest BCUT2D eigenvalue weighted by molar-refractivity contribution is -0.0501. The molecule has 156 valence electrons. The van der Waals surface area contributed by atoms with Gasteiger partial charge < -0.3 is 14.9 Å². The van der Waals surface area contributed by atoms with E-state index in [2.05, 4.69) is 4.90 Å². The number of likely N-dealkylation sites (tertiary alicyclic amines) is 1. The molecule has 0 bridgehead atoms. The number of hydrogen-bond donors (Lipinski definition) is 2. The topological polar surface area (TPSA) is 52.9 Å². The first-order chi connectivity index (χ1) is 14.5. The van der Waals surface area contributed by atoms with Crippen LogP contribution in [0.5, 0.6) is 11.5 Å². The van der Waals surface area contributed by atoms with Crippen LogP contribution in [-0.4, -0.2) is 34.2 Å². The number of rotatable bonds is 6. The van der Waals surface area contributed by atoms with E-state index >= 15 is 0 Å². The Morgan fingerprint density at radius 2 is 1.33 bits per heavy atom. The molecule has 3 aromatic rings. The maximum Gasteiger partial charge on any atom is 0.127 e. The molecule has 1 unspecified atom stereocenters. The van der Waals surface area contributed by atoms with Gasteiger partial charge >= 0.3 is 0 Å². The molecule has 0 saturated carbocycles. The maximum atomic E-state index is 11.0. The van der Waals surface area contributed by atoms with Crippen molar-refractivity contribution in [2.24, 2.45) is 0 Å². The SMILES string of the molecule is C[C@@H](C(O)c1ccc(Oc2ccccc2)cc1)N1CCC(O)(c2ccccc2)CC1. The largest absolute Gasteiger partial charge is 0.457 e. The molecule has 4 nitrogen and oxygen atoms in total. The van der Waals surface area contributed by atoms with Crippen LogP contribution in [0.4, 0.5) is 0 Å². The predicted molar refractivity (Wildman–Crippen MR) is 119 cm³/mol. The highest BCUT2D eigenvalue weighted by molar-refractivity contribution is 5.34. The molecule has 30 heavy (non-hydrogen) atoms. The van der Waals surface area contributed by atoms with Crippen molar-refractivity contribution in [2.75, 3.05) is 13.1 Å². The highest BCUT2D eigenvalue weighted by Crippen LogP contribution is 2.35. The molecule has 1 fully saturated rings. The van der Waals surface area contributed by atoms with E-state index in [-0.39, 0.29) is 6.04 Å². The van der Waals surface area contributed by atoms with E-state index in [9.17, 15) is 10.2 Å². The summed E-state index contributed by atoms with van der Waals surface area (Å²) in [5.74, 6) is 1.54. The van der Waals surface area contributed by atoms with Gasteiger partial charge in [0.15, 0.2) is 0 Å². The van der Waals surface area contributed by atoms with Gasteiger partial charge in [-0.1, -0.05) is 60.7 Å². The first-order valence-electron chi connectivity index (χ1n) is 10.6. The van der Waals surface area contributed by atoms with Crippen LogP contribution in [0.1, 0.15) is 37.0 Å². The second-order valence-electron chi connectivity index (χ2n) is 8.10. The molecule has 1 saturated heterocycles. The molecule has 0 aliphatic carbocycles. The fourth-order valence-electron chi connectivity index (χ4n) is 4.17. The molecule has 4 rings (SSSR count). The van der Waals surface area contributed by atoms with Gasteiger partial charge in [0.2, 0.25) is 0 Å². The second kappa shape index (κ2) is 9.00. The smallest absolute Gasteiger partial charge is 0.127 e. The number of aliphatic hydroxyl groups excluding tert-OH is 1. The first-order valence-corrected chi connectivity index (χ1v) is 10.6. The van der Waals surface area contributed by atoms with E-state index in [1.54, 1.807) is 0 Å². The predicted octanol–water partition coefficient (Wildman–Crippen LogP) is 4.88. The Hall–Kier alpha value is -2.66. The fraction of sp³-hybridized carbons (Fsp3) is 0.308. The molecule has 0 amide bonds. The number of aliphatic hydroxyl groups is 2. The average molecular weight is 404 g/mol. The van der Waals surface area contributed by atoms with E-state index in [0.717, 1.165) is 35.7 Å². The Balaban J connectivity index is 1.36. The minimum Gasteiger partial charge on any atom is -0.457 e. The van der Waals surface area contributed by atoms with Gasteiger partial charge in [0.1, 0.15) is 11.5 Å². The van der Waals surface area contributed by atoms with Crippen molar-refractivity contribution in [3.05, 3.63) is 96.1 Å². The molecule has 0 spiro atoms. The van der Waals surface area contributed by atoms with E-state index in [1.165, 1.54) is 0 Å². The number of ether oxygens (including phenoxy) is 1. The summed E-state index contributed by atoms with van der Waals surface area (Å²) >= 11 is 0. The van der Waals surface area contributed by atoms with Crippen molar-refractivity contribution < 1.29 is 14.9 Å². The molecule has 1 aliphatic rings.